The molecule has 1 N–H and O–H groups in total. The second kappa shape index (κ2) is 14.7. The number of aromatic nitrogens is 5. The average Bonchev–Trinajstić information content (AvgIpc) is 3.81. The van der Waals surface area contributed by atoms with Gasteiger partial charge in [0.1, 0.15) is 23.8 Å². The first-order valence-electron chi connectivity index (χ1n) is 17.2. The van der Waals surface area contributed by atoms with Crippen LogP contribution >= 0.6 is 0 Å². The maximum atomic E-state index is 14.1. The van der Waals surface area contributed by atoms with Crippen molar-refractivity contribution in [2.75, 3.05) is 23.9 Å². The molecule has 5 heterocycles. The van der Waals surface area contributed by atoms with Crippen LogP contribution in [-0.4, -0.2) is 55.7 Å². The number of hydrogen-bond acceptors (Lipinski definition) is 9. The number of ether oxygens (including phenoxy) is 4. The Morgan fingerprint density at radius 2 is 1.83 bits per heavy atom. The number of hydrogen-bond donors (Lipinski definition) is 1. The normalized spacial score (nSPS) is 14.7. The highest BCUT2D eigenvalue weighted by Gasteiger charge is 2.28. The summed E-state index contributed by atoms with van der Waals surface area (Å²) in [4.78, 5) is 37.5. The van der Waals surface area contributed by atoms with E-state index in [1.165, 1.54) is 4.90 Å². The van der Waals surface area contributed by atoms with Gasteiger partial charge in [-0.15, -0.1) is 0 Å². The predicted molar refractivity (Wildman–Crippen MR) is 196 cm³/mol. The molecule has 0 radical (unpaired) electrons. The zero-order chi connectivity index (χ0) is 36.2. The fourth-order valence-electron chi connectivity index (χ4n) is 6.19. The molecule has 1 aliphatic rings. The van der Waals surface area contributed by atoms with Crippen LogP contribution in [-0.2, 0) is 27.4 Å². The minimum atomic E-state index is -0.767. The van der Waals surface area contributed by atoms with Gasteiger partial charge in [-0.2, -0.15) is 5.10 Å². The van der Waals surface area contributed by atoms with Crippen molar-refractivity contribution in [3.8, 4) is 17.0 Å². The van der Waals surface area contributed by atoms with Crippen molar-refractivity contribution in [1.82, 2.24) is 24.1 Å². The molecule has 0 saturated carbocycles. The summed E-state index contributed by atoms with van der Waals surface area (Å²) in [6.07, 6.45) is 6.90. The van der Waals surface area contributed by atoms with Crippen LogP contribution < -0.4 is 15.0 Å². The molecule has 2 aromatic carbocycles. The van der Waals surface area contributed by atoms with Crippen LogP contribution in [0.1, 0.15) is 57.4 Å². The Morgan fingerprint density at radius 3 is 2.56 bits per heavy atom. The highest BCUT2D eigenvalue weighted by molar-refractivity contribution is 5.96. The average molecular weight is 704 g/mol. The van der Waals surface area contributed by atoms with Gasteiger partial charge >= 0.3 is 12.2 Å². The van der Waals surface area contributed by atoms with E-state index in [0.29, 0.717) is 40.6 Å². The van der Waals surface area contributed by atoms with Crippen LogP contribution in [0.5, 0.6) is 5.75 Å². The number of pyridine rings is 1. The van der Waals surface area contributed by atoms with Gasteiger partial charge in [-0.05, 0) is 94.1 Å². The number of fused-ring (bicyclic) bond motifs is 3. The number of nitrogens with one attached hydrogen (secondary N) is 1. The molecule has 13 heteroatoms. The van der Waals surface area contributed by atoms with Crippen molar-refractivity contribution in [3.05, 3.63) is 103 Å². The lowest BCUT2D eigenvalue weighted by Crippen LogP contribution is -2.37. The van der Waals surface area contributed by atoms with Crippen LogP contribution in [0.25, 0.3) is 27.8 Å². The summed E-state index contributed by atoms with van der Waals surface area (Å²) in [5, 5.41) is 7.25. The molecule has 1 aliphatic heterocycles. The molecular weight excluding hydrogens is 662 g/mol. The Balaban J connectivity index is 1.32. The molecule has 13 nitrogen and oxygen atoms in total. The summed E-state index contributed by atoms with van der Waals surface area (Å²) < 4.78 is 26.8. The van der Waals surface area contributed by atoms with Gasteiger partial charge < -0.3 is 23.3 Å². The van der Waals surface area contributed by atoms with E-state index in [-0.39, 0.29) is 19.4 Å². The zero-order valence-corrected chi connectivity index (χ0v) is 29.6. The SMILES string of the molecule is COc1ccc(CN(C(=O)OC(C)(C)C)c2nc3cc(-c4ccnn4C4CCCCO4)ccc3n3cc(COC(=O)Nc4ccccn4)cc23)cc1. The fraction of sp³-hybridized carbons (Fsp3) is 0.308. The smallest absolute Gasteiger partial charge is 0.416 e. The second-order valence-electron chi connectivity index (χ2n) is 13.6. The van der Waals surface area contributed by atoms with Gasteiger partial charge in [0.15, 0.2) is 12.0 Å². The standard InChI is InChI=1S/C39H41N7O6/c1-39(2,3)52-38(48)45(23-26-11-14-29(49-4)15-12-26)36-33-21-27(25-51-37(47)43-34-9-5-7-18-40-34)24-44(33)32-16-13-28(22-30(32)42-36)31-17-19-41-46(31)35-10-6-8-20-50-35/h5,7,9,11-19,21-22,24,35H,6,8,10,20,23,25H2,1-4H3,(H,40,43,47). The first-order chi connectivity index (χ1) is 25.1. The number of amides is 2. The number of carbonyl (C=O) groups excluding carboxylic acids is 2. The minimum Gasteiger partial charge on any atom is -0.497 e. The van der Waals surface area contributed by atoms with Gasteiger partial charge in [0.25, 0.3) is 0 Å². The van der Waals surface area contributed by atoms with Crippen molar-refractivity contribution < 1.29 is 28.5 Å². The number of anilines is 2. The number of carbonyl (C=O) groups is 2. The topological polar surface area (TPSA) is 134 Å². The minimum absolute atomic E-state index is 0.0369. The molecule has 6 aromatic rings. The lowest BCUT2D eigenvalue weighted by Gasteiger charge is -2.28. The quantitative estimate of drug-likeness (QED) is 0.158. The zero-order valence-electron chi connectivity index (χ0n) is 29.6. The molecule has 52 heavy (non-hydrogen) atoms. The monoisotopic (exact) mass is 703 g/mol. The first kappa shape index (κ1) is 34.5. The summed E-state index contributed by atoms with van der Waals surface area (Å²) in [5.74, 6) is 1.46. The Kier molecular flexibility index (Phi) is 9.77. The van der Waals surface area contributed by atoms with E-state index in [9.17, 15) is 9.59 Å². The second-order valence-corrected chi connectivity index (χ2v) is 13.6. The number of nitrogens with zero attached hydrogens (tertiary/aromatic N) is 6. The summed E-state index contributed by atoms with van der Waals surface area (Å²) in [7, 11) is 1.61. The third kappa shape index (κ3) is 7.69. The van der Waals surface area contributed by atoms with Gasteiger partial charge in [-0.1, -0.05) is 24.3 Å². The van der Waals surface area contributed by atoms with Crippen molar-refractivity contribution in [2.24, 2.45) is 0 Å². The van der Waals surface area contributed by atoms with Crippen LogP contribution in [0.2, 0.25) is 0 Å². The molecule has 1 fully saturated rings. The Labute approximate surface area is 301 Å². The van der Waals surface area contributed by atoms with E-state index in [1.54, 1.807) is 37.7 Å². The van der Waals surface area contributed by atoms with E-state index >= 15 is 0 Å². The molecule has 1 atom stereocenters. The molecular formula is C39H41N7O6. The summed E-state index contributed by atoms with van der Waals surface area (Å²) in [5.41, 5.74) is 4.63. The lowest BCUT2D eigenvalue weighted by molar-refractivity contribution is -0.0383. The van der Waals surface area contributed by atoms with Crippen molar-refractivity contribution >= 4 is 40.4 Å². The largest absolute Gasteiger partial charge is 0.497 e. The van der Waals surface area contributed by atoms with Gasteiger partial charge in [0, 0.05) is 36.3 Å². The number of benzene rings is 2. The Bertz CT molecular complexity index is 2180. The molecule has 0 bridgehead atoms. The lowest BCUT2D eigenvalue weighted by atomic mass is 10.1. The maximum absolute atomic E-state index is 14.1. The highest BCUT2D eigenvalue weighted by atomic mass is 16.6. The van der Waals surface area contributed by atoms with Crippen molar-refractivity contribution in [1.29, 1.82) is 0 Å². The first-order valence-corrected chi connectivity index (χ1v) is 17.2. The third-order valence-corrected chi connectivity index (χ3v) is 8.60. The molecule has 1 saturated heterocycles. The molecule has 4 aromatic heterocycles. The molecule has 2 amide bonds. The molecule has 268 valence electrons. The number of rotatable bonds is 9. The summed E-state index contributed by atoms with van der Waals surface area (Å²) >= 11 is 0. The molecule has 0 aliphatic carbocycles. The summed E-state index contributed by atoms with van der Waals surface area (Å²) in [6.45, 7) is 6.31. The van der Waals surface area contributed by atoms with Gasteiger partial charge in [-0.25, -0.2) is 24.2 Å². The van der Waals surface area contributed by atoms with Crippen LogP contribution in [0.15, 0.2) is 91.4 Å². The third-order valence-electron chi connectivity index (χ3n) is 8.60. The fourth-order valence-corrected chi connectivity index (χ4v) is 6.19. The predicted octanol–water partition coefficient (Wildman–Crippen LogP) is 8.14. The summed E-state index contributed by atoms with van der Waals surface area (Å²) in [6, 6.07) is 22.6. The van der Waals surface area contributed by atoms with Crippen LogP contribution in [0.4, 0.5) is 21.2 Å². The van der Waals surface area contributed by atoms with E-state index < -0.39 is 17.8 Å². The Hall–Kier alpha value is -5.95. The number of methoxy groups -OCH3 is 1. The van der Waals surface area contributed by atoms with Crippen molar-refractivity contribution in [2.45, 2.75) is 65.0 Å². The maximum Gasteiger partial charge on any atom is 0.416 e. The van der Waals surface area contributed by atoms with Gasteiger partial charge in [0.05, 0.1) is 35.9 Å². The van der Waals surface area contributed by atoms with E-state index in [2.05, 4.69) is 15.4 Å². The van der Waals surface area contributed by atoms with Gasteiger partial charge in [0.2, 0.25) is 0 Å². The highest BCUT2D eigenvalue weighted by Crippen LogP contribution is 2.34. The van der Waals surface area contributed by atoms with Crippen LogP contribution in [0, 0.1) is 0 Å². The van der Waals surface area contributed by atoms with E-state index in [1.807, 2.05) is 90.6 Å². The molecule has 7 rings (SSSR count). The molecule has 0 spiro atoms. The Morgan fingerprint density at radius 1 is 0.981 bits per heavy atom. The van der Waals surface area contributed by atoms with Gasteiger partial charge in [-0.3, -0.25) is 10.2 Å². The van der Waals surface area contributed by atoms with Crippen LogP contribution in [0.3, 0.4) is 0 Å². The van der Waals surface area contributed by atoms with E-state index in [4.69, 9.17) is 23.9 Å². The van der Waals surface area contributed by atoms with E-state index in [0.717, 1.165) is 41.6 Å². The van der Waals surface area contributed by atoms with Crippen molar-refractivity contribution in [3.63, 3.8) is 0 Å². The molecule has 1 unspecified atom stereocenters.